The highest BCUT2D eigenvalue weighted by atomic mass is 35.5. The van der Waals surface area contributed by atoms with Crippen molar-refractivity contribution in [3.8, 4) is 0 Å². The summed E-state index contributed by atoms with van der Waals surface area (Å²) in [6, 6.07) is 17.0. The Labute approximate surface area is 226 Å². The number of nitrogens with zero attached hydrogens (tertiary/aromatic N) is 1. The summed E-state index contributed by atoms with van der Waals surface area (Å²) >= 11 is 13.4. The third kappa shape index (κ3) is 17.4. The van der Waals surface area contributed by atoms with Crippen LogP contribution < -0.4 is 5.73 Å². The molecule has 0 radical (unpaired) electrons. The molecule has 0 bridgehead atoms. The molecule has 2 atom stereocenters. The summed E-state index contributed by atoms with van der Waals surface area (Å²) in [5, 5.41) is 2.27. The van der Waals surface area contributed by atoms with E-state index in [9.17, 15) is 9.59 Å². The van der Waals surface area contributed by atoms with Crippen molar-refractivity contribution in [2.75, 3.05) is 12.8 Å². The Balaban J connectivity index is 0.000000782. The van der Waals surface area contributed by atoms with Crippen LogP contribution in [0, 0.1) is 11.8 Å². The maximum atomic E-state index is 11.6. The molecule has 0 aliphatic carbocycles. The fraction of sp³-hybridized carbons (Fsp3) is 0.500. The van der Waals surface area contributed by atoms with E-state index in [2.05, 4.69) is 34.0 Å². The Hall–Kier alpha value is -1.69. The number of hydrogen-bond acceptors (Lipinski definition) is 3. The highest BCUT2D eigenvalue weighted by Crippen LogP contribution is 2.29. The molecule has 2 unspecified atom stereocenters. The van der Waals surface area contributed by atoms with Gasteiger partial charge in [0, 0.05) is 23.0 Å². The second-order valence-corrected chi connectivity index (χ2v) is 11.5. The molecular weight excluding hydrogens is 499 g/mol. The number of benzene rings is 2. The third-order valence-electron chi connectivity index (χ3n) is 5.05. The van der Waals surface area contributed by atoms with Crippen molar-refractivity contribution < 1.29 is 9.59 Å². The van der Waals surface area contributed by atoms with Crippen molar-refractivity contribution in [1.82, 2.24) is 4.90 Å². The summed E-state index contributed by atoms with van der Waals surface area (Å²) in [5.41, 5.74) is 6.32. The zero-order valence-electron chi connectivity index (χ0n) is 21.9. The van der Waals surface area contributed by atoms with Crippen LogP contribution in [-0.2, 0) is 9.59 Å². The summed E-state index contributed by atoms with van der Waals surface area (Å²) in [6.07, 6.45) is 5.03. The fourth-order valence-electron chi connectivity index (χ4n) is 3.18. The zero-order valence-corrected chi connectivity index (χ0v) is 24.2. The number of thioether (sulfide) groups is 1. The average molecular weight is 542 g/mol. The van der Waals surface area contributed by atoms with Gasteiger partial charge in [0.25, 0.3) is 0 Å². The van der Waals surface area contributed by atoms with E-state index in [1.807, 2.05) is 78.2 Å². The van der Waals surface area contributed by atoms with Crippen LogP contribution in [0.2, 0.25) is 10.0 Å². The largest absolute Gasteiger partial charge is 0.370 e. The van der Waals surface area contributed by atoms with Gasteiger partial charge in [0.1, 0.15) is 0 Å². The number of rotatable bonds is 11. The summed E-state index contributed by atoms with van der Waals surface area (Å²) in [4.78, 5) is 24.4. The van der Waals surface area contributed by atoms with Gasteiger partial charge in [0.05, 0.1) is 6.04 Å². The highest BCUT2D eigenvalue weighted by Gasteiger charge is 2.21. The van der Waals surface area contributed by atoms with Gasteiger partial charge in [-0.3, -0.25) is 9.59 Å². The third-order valence-corrected chi connectivity index (χ3v) is 6.50. The fourth-order valence-corrected chi connectivity index (χ4v) is 3.45. The first-order valence-corrected chi connectivity index (χ1v) is 14.0. The molecule has 0 spiro atoms. The van der Waals surface area contributed by atoms with E-state index in [4.69, 9.17) is 28.9 Å². The van der Waals surface area contributed by atoms with Gasteiger partial charge in [0.2, 0.25) is 12.3 Å². The van der Waals surface area contributed by atoms with Crippen LogP contribution in [0.15, 0.2) is 54.6 Å². The number of nitrogens with two attached hydrogens (primary N) is 1. The number of carbonyl (C=O) groups is 2. The molecule has 4 nitrogen and oxygen atoms in total. The maximum absolute atomic E-state index is 11.6. The van der Waals surface area contributed by atoms with Crippen LogP contribution in [0.1, 0.15) is 65.5 Å². The lowest BCUT2D eigenvalue weighted by Gasteiger charge is -2.31. The van der Waals surface area contributed by atoms with E-state index >= 15 is 0 Å². The molecule has 0 saturated carbocycles. The van der Waals surface area contributed by atoms with Gasteiger partial charge in [-0.05, 0) is 66.0 Å². The van der Waals surface area contributed by atoms with Crippen molar-refractivity contribution in [3.63, 3.8) is 0 Å². The van der Waals surface area contributed by atoms with E-state index in [0.717, 1.165) is 35.1 Å². The van der Waals surface area contributed by atoms with Gasteiger partial charge in [-0.25, -0.2) is 0 Å². The maximum Gasteiger partial charge on any atom is 0.217 e. The summed E-state index contributed by atoms with van der Waals surface area (Å²) in [5.74, 6) is 0.308. The van der Waals surface area contributed by atoms with Crippen LogP contribution in [-0.4, -0.2) is 35.3 Å². The molecule has 0 aliphatic rings. The van der Waals surface area contributed by atoms with E-state index in [0.29, 0.717) is 23.9 Å². The summed E-state index contributed by atoms with van der Waals surface area (Å²) < 4.78 is 0. The predicted octanol–water partition coefficient (Wildman–Crippen LogP) is 7.89. The lowest BCUT2D eigenvalue weighted by molar-refractivity contribution is -0.121. The lowest BCUT2D eigenvalue weighted by Crippen LogP contribution is -2.31. The number of carbonyl (C=O) groups excluding carboxylic acids is 2. The van der Waals surface area contributed by atoms with Crippen molar-refractivity contribution in [2.24, 2.45) is 17.6 Å². The van der Waals surface area contributed by atoms with Crippen molar-refractivity contribution in [3.05, 3.63) is 70.2 Å². The molecule has 0 saturated heterocycles. The molecule has 35 heavy (non-hydrogen) atoms. The Kier molecular flexibility index (Phi) is 18.6. The Morgan fingerprint density at radius 2 is 1.46 bits per heavy atom. The first-order valence-electron chi connectivity index (χ1n) is 12.0. The monoisotopic (exact) mass is 540 g/mol. The Morgan fingerprint density at radius 1 is 0.943 bits per heavy atom. The lowest BCUT2D eigenvalue weighted by atomic mass is 9.93. The molecule has 0 aromatic heterocycles. The van der Waals surface area contributed by atoms with E-state index in [1.54, 1.807) is 0 Å². The molecule has 2 aromatic carbocycles. The first kappa shape index (κ1) is 33.3. The van der Waals surface area contributed by atoms with E-state index in [-0.39, 0.29) is 17.9 Å². The minimum Gasteiger partial charge on any atom is -0.370 e. The molecular formula is C28H42Cl2N2O2S. The molecule has 0 heterocycles. The molecule has 196 valence electrons. The number of hydrogen-bond donors (Lipinski definition) is 1. The van der Waals surface area contributed by atoms with E-state index < -0.39 is 0 Å². The summed E-state index contributed by atoms with van der Waals surface area (Å²) in [7, 11) is 0. The van der Waals surface area contributed by atoms with Crippen molar-refractivity contribution in [2.45, 2.75) is 65.2 Å². The summed E-state index contributed by atoms with van der Waals surface area (Å²) in [6.45, 7) is 11.3. The Morgan fingerprint density at radius 3 is 1.83 bits per heavy atom. The van der Waals surface area contributed by atoms with Gasteiger partial charge < -0.3 is 10.6 Å². The van der Waals surface area contributed by atoms with Gasteiger partial charge in [0.15, 0.2) is 0 Å². The van der Waals surface area contributed by atoms with Crippen LogP contribution in [0.5, 0.6) is 0 Å². The Bertz CT molecular complexity index is 817. The molecule has 2 rings (SSSR count). The van der Waals surface area contributed by atoms with Crippen LogP contribution in [0.3, 0.4) is 0 Å². The standard InChI is InChI=1S/C18H27ClN2O2.C6H5Cl.C4H10S/c1-13(2)11-21(12-22)17(9-4-14(3)10-18(20)23)15-5-7-16(19)8-6-15;7-6-4-2-1-3-5-6;1-4(2)5-3/h5-8,12-14,17H,4,9-11H2,1-3H3,(H2,20,23);1-5H;4H,1-3H3. The van der Waals surface area contributed by atoms with E-state index in [1.165, 1.54) is 0 Å². The molecule has 2 aromatic rings. The SMILES string of the molecule is CC(C)CN(C=O)C(CCC(C)CC(N)=O)c1ccc(Cl)cc1.CSC(C)C.Clc1ccccc1. The van der Waals surface area contributed by atoms with Crippen LogP contribution >= 0.6 is 35.0 Å². The molecule has 7 heteroatoms. The second-order valence-electron chi connectivity index (χ2n) is 9.20. The molecule has 0 fully saturated rings. The van der Waals surface area contributed by atoms with Gasteiger partial charge in [-0.15, -0.1) is 0 Å². The minimum absolute atomic E-state index is 0.0116. The van der Waals surface area contributed by atoms with Crippen LogP contribution in [0.25, 0.3) is 0 Å². The molecule has 0 aliphatic heterocycles. The highest BCUT2D eigenvalue weighted by molar-refractivity contribution is 7.99. The molecule has 2 amide bonds. The number of amides is 2. The average Bonchev–Trinajstić information content (AvgIpc) is 2.80. The normalized spacial score (nSPS) is 12.1. The smallest absolute Gasteiger partial charge is 0.217 e. The van der Waals surface area contributed by atoms with Gasteiger partial charge in [-0.1, -0.05) is 88.2 Å². The number of halogens is 2. The van der Waals surface area contributed by atoms with Crippen molar-refractivity contribution in [1.29, 1.82) is 0 Å². The molecule has 2 N–H and O–H groups in total. The first-order chi connectivity index (χ1) is 16.5. The quantitative estimate of drug-likeness (QED) is 0.294. The van der Waals surface area contributed by atoms with Crippen LogP contribution in [0.4, 0.5) is 0 Å². The van der Waals surface area contributed by atoms with Gasteiger partial charge in [-0.2, -0.15) is 11.8 Å². The van der Waals surface area contributed by atoms with Crippen molar-refractivity contribution >= 4 is 47.3 Å². The predicted molar refractivity (Wildman–Crippen MR) is 154 cm³/mol. The van der Waals surface area contributed by atoms with Gasteiger partial charge >= 0.3 is 0 Å². The zero-order chi connectivity index (χ0) is 26.8. The minimum atomic E-state index is -0.282. The second kappa shape index (κ2) is 19.5. The number of primary amides is 1. The topological polar surface area (TPSA) is 63.4 Å².